The molecule has 1 aromatic rings. The first-order valence-corrected chi connectivity index (χ1v) is 5.90. The third-order valence-corrected chi connectivity index (χ3v) is 3.02. The molecule has 0 bridgehead atoms. The number of alkyl halides is 3. The highest BCUT2D eigenvalue weighted by Gasteiger charge is 2.34. The second-order valence-corrected chi connectivity index (χ2v) is 4.82. The minimum absolute atomic E-state index is 0.00207. The van der Waals surface area contributed by atoms with Crippen molar-refractivity contribution in [2.24, 2.45) is 11.8 Å². The molecule has 6 heteroatoms. The van der Waals surface area contributed by atoms with Crippen LogP contribution >= 0.6 is 0 Å². The van der Waals surface area contributed by atoms with Gasteiger partial charge in [-0.3, -0.25) is 4.79 Å². The molecule has 3 nitrogen and oxygen atoms in total. The SMILES string of the molecule is CC(C)C(C)C(=O)Nc1ccc(N)cc1C(F)(F)F. The molecule has 0 radical (unpaired) electrons. The standard InChI is InChI=1S/C13H17F3N2O/c1-7(2)8(3)12(19)18-11-5-4-9(17)6-10(11)13(14,15)16/h4-8H,17H2,1-3H3,(H,18,19). The van der Waals surface area contributed by atoms with Gasteiger partial charge in [0.15, 0.2) is 0 Å². The van der Waals surface area contributed by atoms with E-state index >= 15 is 0 Å². The Balaban J connectivity index is 3.05. The minimum atomic E-state index is -4.56. The van der Waals surface area contributed by atoms with Crippen molar-refractivity contribution >= 4 is 17.3 Å². The second kappa shape index (κ2) is 5.50. The Morgan fingerprint density at radius 3 is 2.32 bits per heavy atom. The maximum absolute atomic E-state index is 12.8. The summed E-state index contributed by atoms with van der Waals surface area (Å²) < 4.78 is 38.5. The Morgan fingerprint density at radius 1 is 1.26 bits per heavy atom. The summed E-state index contributed by atoms with van der Waals surface area (Å²) in [5.41, 5.74) is 4.15. The van der Waals surface area contributed by atoms with E-state index in [1.165, 1.54) is 12.1 Å². The van der Waals surface area contributed by atoms with Crippen molar-refractivity contribution in [2.45, 2.75) is 26.9 Å². The van der Waals surface area contributed by atoms with Gasteiger partial charge in [-0.2, -0.15) is 13.2 Å². The summed E-state index contributed by atoms with van der Waals surface area (Å²) in [4.78, 5) is 11.8. The average Bonchev–Trinajstić information content (AvgIpc) is 2.28. The molecule has 1 unspecified atom stereocenters. The van der Waals surface area contributed by atoms with Crippen molar-refractivity contribution in [2.75, 3.05) is 11.1 Å². The lowest BCUT2D eigenvalue weighted by Crippen LogP contribution is -2.25. The second-order valence-electron chi connectivity index (χ2n) is 4.82. The fourth-order valence-electron chi connectivity index (χ4n) is 1.45. The lowest BCUT2D eigenvalue weighted by atomic mass is 9.97. The van der Waals surface area contributed by atoms with E-state index in [0.717, 1.165) is 6.07 Å². The van der Waals surface area contributed by atoms with Gasteiger partial charge in [0.2, 0.25) is 5.91 Å². The number of hydrogen-bond acceptors (Lipinski definition) is 2. The van der Waals surface area contributed by atoms with Gasteiger partial charge in [0.25, 0.3) is 0 Å². The fourth-order valence-corrected chi connectivity index (χ4v) is 1.45. The summed E-state index contributed by atoms with van der Waals surface area (Å²) in [6.45, 7) is 5.33. The maximum Gasteiger partial charge on any atom is 0.418 e. The van der Waals surface area contributed by atoms with Crippen molar-refractivity contribution in [3.63, 3.8) is 0 Å². The van der Waals surface area contributed by atoms with Crippen LogP contribution in [-0.2, 0) is 11.0 Å². The quantitative estimate of drug-likeness (QED) is 0.829. The summed E-state index contributed by atoms with van der Waals surface area (Å²) in [7, 11) is 0. The molecular formula is C13H17F3N2O. The number of nitrogens with two attached hydrogens (primary N) is 1. The van der Waals surface area contributed by atoms with Gasteiger partial charge in [-0.1, -0.05) is 20.8 Å². The largest absolute Gasteiger partial charge is 0.418 e. The molecular weight excluding hydrogens is 257 g/mol. The van der Waals surface area contributed by atoms with E-state index in [0.29, 0.717) is 0 Å². The number of amides is 1. The normalized spacial score (nSPS) is 13.4. The smallest absolute Gasteiger partial charge is 0.399 e. The van der Waals surface area contributed by atoms with Crippen molar-refractivity contribution in [3.8, 4) is 0 Å². The van der Waals surface area contributed by atoms with E-state index in [2.05, 4.69) is 5.32 Å². The van der Waals surface area contributed by atoms with Gasteiger partial charge in [0.05, 0.1) is 11.3 Å². The molecule has 0 aliphatic carbocycles. The van der Waals surface area contributed by atoms with Gasteiger partial charge >= 0.3 is 6.18 Å². The highest BCUT2D eigenvalue weighted by molar-refractivity contribution is 5.93. The first kappa shape index (κ1) is 15.3. The van der Waals surface area contributed by atoms with Crippen molar-refractivity contribution < 1.29 is 18.0 Å². The summed E-state index contributed by atoms with van der Waals surface area (Å²) in [5, 5.41) is 2.31. The van der Waals surface area contributed by atoms with Crippen LogP contribution in [0.4, 0.5) is 24.5 Å². The lowest BCUT2D eigenvalue weighted by molar-refractivity contribution is -0.137. The van der Waals surface area contributed by atoms with Crippen LogP contribution in [0, 0.1) is 11.8 Å². The molecule has 0 saturated carbocycles. The number of nitrogens with one attached hydrogen (secondary N) is 1. The van der Waals surface area contributed by atoms with Gasteiger partial charge in [-0.05, 0) is 24.1 Å². The molecule has 0 aliphatic rings. The zero-order valence-corrected chi connectivity index (χ0v) is 11.0. The molecule has 1 rings (SSSR count). The average molecular weight is 274 g/mol. The third-order valence-electron chi connectivity index (χ3n) is 3.02. The van der Waals surface area contributed by atoms with Gasteiger partial charge in [0.1, 0.15) is 0 Å². The molecule has 0 saturated heterocycles. The molecule has 0 fully saturated rings. The van der Waals surface area contributed by atoms with Crippen LogP contribution in [0.5, 0.6) is 0 Å². The van der Waals surface area contributed by atoms with Crippen LogP contribution in [-0.4, -0.2) is 5.91 Å². The molecule has 19 heavy (non-hydrogen) atoms. The fraction of sp³-hybridized carbons (Fsp3) is 0.462. The van der Waals surface area contributed by atoms with Crippen LogP contribution in [0.15, 0.2) is 18.2 Å². The highest BCUT2D eigenvalue weighted by atomic mass is 19.4. The van der Waals surface area contributed by atoms with E-state index in [4.69, 9.17) is 5.73 Å². The molecule has 0 heterocycles. The first-order chi connectivity index (χ1) is 8.62. The number of carbonyl (C=O) groups is 1. The summed E-state index contributed by atoms with van der Waals surface area (Å²) in [6.07, 6.45) is -4.56. The number of rotatable bonds is 3. The van der Waals surface area contributed by atoms with Crippen LogP contribution in [0.1, 0.15) is 26.3 Å². The van der Waals surface area contributed by atoms with Crippen LogP contribution < -0.4 is 11.1 Å². The summed E-state index contributed by atoms with van der Waals surface area (Å²) in [5.74, 6) is -0.771. The summed E-state index contributed by atoms with van der Waals surface area (Å²) in [6, 6.07) is 3.31. The number of halogens is 3. The predicted molar refractivity (Wildman–Crippen MR) is 68.5 cm³/mol. The molecule has 1 atom stereocenters. The molecule has 0 aliphatic heterocycles. The molecule has 3 N–H and O–H groups in total. The Labute approximate surface area is 110 Å². The number of carbonyl (C=O) groups excluding carboxylic acids is 1. The molecule has 0 aromatic heterocycles. The molecule has 1 amide bonds. The van der Waals surface area contributed by atoms with Crippen LogP contribution in [0.2, 0.25) is 0 Å². The van der Waals surface area contributed by atoms with Crippen LogP contribution in [0.3, 0.4) is 0 Å². The number of anilines is 2. The number of hydrogen-bond donors (Lipinski definition) is 2. The first-order valence-electron chi connectivity index (χ1n) is 5.90. The van der Waals surface area contributed by atoms with Gasteiger partial charge < -0.3 is 11.1 Å². The third kappa shape index (κ3) is 3.87. The zero-order chi connectivity index (χ0) is 14.8. The Morgan fingerprint density at radius 2 is 1.84 bits per heavy atom. The minimum Gasteiger partial charge on any atom is -0.399 e. The van der Waals surface area contributed by atoms with Gasteiger partial charge in [-0.25, -0.2) is 0 Å². The molecule has 106 valence electrons. The van der Waals surface area contributed by atoms with Crippen molar-refractivity contribution in [1.29, 1.82) is 0 Å². The number of nitrogen functional groups attached to an aromatic ring is 1. The van der Waals surface area contributed by atoms with E-state index in [1.807, 2.05) is 13.8 Å². The Kier molecular flexibility index (Phi) is 4.44. The lowest BCUT2D eigenvalue weighted by Gasteiger charge is -2.18. The molecule has 0 spiro atoms. The van der Waals surface area contributed by atoms with Gasteiger partial charge in [0, 0.05) is 11.6 Å². The Bertz CT molecular complexity index is 469. The molecule has 1 aromatic carbocycles. The predicted octanol–water partition coefficient (Wildman–Crippen LogP) is 3.52. The van der Waals surface area contributed by atoms with E-state index in [9.17, 15) is 18.0 Å². The van der Waals surface area contributed by atoms with Crippen molar-refractivity contribution in [3.05, 3.63) is 23.8 Å². The Hall–Kier alpha value is -1.72. The number of benzene rings is 1. The van der Waals surface area contributed by atoms with Crippen molar-refractivity contribution in [1.82, 2.24) is 0 Å². The highest BCUT2D eigenvalue weighted by Crippen LogP contribution is 2.36. The van der Waals surface area contributed by atoms with E-state index in [-0.39, 0.29) is 23.2 Å². The zero-order valence-electron chi connectivity index (χ0n) is 11.0. The van der Waals surface area contributed by atoms with E-state index < -0.39 is 17.6 Å². The monoisotopic (exact) mass is 274 g/mol. The summed E-state index contributed by atoms with van der Waals surface area (Å²) >= 11 is 0. The van der Waals surface area contributed by atoms with E-state index in [1.54, 1.807) is 6.92 Å². The topological polar surface area (TPSA) is 55.1 Å². The maximum atomic E-state index is 12.8. The van der Waals surface area contributed by atoms with Crippen LogP contribution in [0.25, 0.3) is 0 Å². The van der Waals surface area contributed by atoms with Gasteiger partial charge in [-0.15, -0.1) is 0 Å².